The molecular weight excluding hydrogens is 307 g/mol. The standard InChI is InChI=1S/C12H20F3N3O2S/c1-2-9(11(16)21)17-3-5-18(6-4-17)10(19)7-20-8-12(13,14)15/h9H,2-8H2,1H3,(H2,16,21). The van der Waals surface area contributed by atoms with Gasteiger partial charge in [0, 0.05) is 26.2 Å². The van der Waals surface area contributed by atoms with Crippen LogP contribution in [0.5, 0.6) is 0 Å². The van der Waals surface area contributed by atoms with Crippen molar-refractivity contribution in [2.45, 2.75) is 25.6 Å². The number of rotatable bonds is 6. The van der Waals surface area contributed by atoms with Crippen LogP contribution in [0.2, 0.25) is 0 Å². The molecule has 1 unspecified atom stereocenters. The third-order valence-electron chi connectivity index (χ3n) is 3.31. The second-order valence-corrected chi connectivity index (χ2v) is 5.32. The average Bonchev–Trinajstić information content (AvgIpc) is 2.38. The van der Waals surface area contributed by atoms with E-state index in [4.69, 9.17) is 18.0 Å². The Morgan fingerprint density at radius 2 is 1.90 bits per heavy atom. The van der Waals surface area contributed by atoms with Crippen molar-refractivity contribution in [3.8, 4) is 0 Å². The molecule has 0 bridgehead atoms. The fraction of sp³-hybridized carbons (Fsp3) is 0.833. The van der Waals surface area contributed by atoms with Gasteiger partial charge in [-0.05, 0) is 6.42 Å². The lowest BCUT2D eigenvalue weighted by Gasteiger charge is -2.38. The van der Waals surface area contributed by atoms with E-state index in [-0.39, 0.29) is 6.04 Å². The third-order valence-corrected chi connectivity index (χ3v) is 3.59. The Hall–Kier alpha value is -0.930. The Morgan fingerprint density at radius 3 is 2.33 bits per heavy atom. The summed E-state index contributed by atoms with van der Waals surface area (Å²) in [6.07, 6.45) is -3.62. The molecule has 0 spiro atoms. The first kappa shape index (κ1) is 18.1. The maximum absolute atomic E-state index is 11.9. The number of ether oxygens (including phenoxy) is 1. The van der Waals surface area contributed by atoms with E-state index in [1.807, 2.05) is 6.92 Å². The van der Waals surface area contributed by atoms with Gasteiger partial charge in [-0.3, -0.25) is 9.69 Å². The molecule has 0 aromatic carbocycles. The fourth-order valence-corrected chi connectivity index (χ4v) is 2.58. The van der Waals surface area contributed by atoms with Gasteiger partial charge in [-0.2, -0.15) is 13.2 Å². The van der Waals surface area contributed by atoms with Crippen molar-refractivity contribution in [2.75, 3.05) is 39.4 Å². The number of alkyl halides is 3. The van der Waals surface area contributed by atoms with Crippen molar-refractivity contribution >= 4 is 23.1 Å². The monoisotopic (exact) mass is 327 g/mol. The van der Waals surface area contributed by atoms with E-state index >= 15 is 0 Å². The van der Waals surface area contributed by atoms with Crippen LogP contribution in [0.15, 0.2) is 0 Å². The van der Waals surface area contributed by atoms with Gasteiger partial charge < -0.3 is 15.4 Å². The molecule has 0 saturated carbocycles. The molecule has 1 heterocycles. The Labute approximate surface area is 127 Å². The molecule has 2 N–H and O–H groups in total. The van der Waals surface area contributed by atoms with Crippen LogP contribution in [-0.2, 0) is 9.53 Å². The lowest BCUT2D eigenvalue weighted by molar-refractivity contribution is -0.178. The number of amides is 1. The summed E-state index contributed by atoms with van der Waals surface area (Å²) >= 11 is 5.00. The summed E-state index contributed by atoms with van der Waals surface area (Å²) in [4.78, 5) is 15.7. The van der Waals surface area contributed by atoms with Crippen LogP contribution in [0.3, 0.4) is 0 Å². The summed E-state index contributed by atoms with van der Waals surface area (Å²) < 4.78 is 40.1. The molecule has 1 rings (SSSR count). The number of halogens is 3. The predicted octanol–water partition coefficient (Wildman–Crippen LogP) is 0.774. The molecule has 21 heavy (non-hydrogen) atoms. The molecule has 9 heteroatoms. The van der Waals surface area contributed by atoms with Gasteiger partial charge in [0.1, 0.15) is 13.2 Å². The van der Waals surface area contributed by atoms with Gasteiger partial charge in [-0.1, -0.05) is 19.1 Å². The molecule has 0 aromatic rings. The molecule has 1 fully saturated rings. The number of piperazine rings is 1. The predicted molar refractivity (Wildman–Crippen MR) is 75.9 cm³/mol. The van der Waals surface area contributed by atoms with Crippen LogP contribution < -0.4 is 5.73 Å². The molecule has 1 aliphatic heterocycles. The molecular formula is C12H20F3N3O2S. The highest BCUT2D eigenvalue weighted by Gasteiger charge is 2.29. The summed E-state index contributed by atoms with van der Waals surface area (Å²) in [7, 11) is 0. The van der Waals surface area contributed by atoms with Gasteiger partial charge in [0.15, 0.2) is 0 Å². The van der Waals surface area contributed by atoms with Crippen molar-refractivity contribution in [3.05, 3.63) is 0 Å². The summed E-state index contributed by atoms with van der Waals surface area (Å²) in [5, 5.41) is 0. The first-order valence-corrected chi connectivity index (χ1v) is 7.11. The average molecular weight is 327 g/mol. The lowest BCUT2D eigenvalue weighted by atomic mass is 10.1. The Morgan fingerprint density at radius 1 is 1.33 bits per heavy atom. The number of carbonyl (C=O) groups excluding carboxylic acids is 1. The second kappa shape index (κ2) is 7.90. The number of nitrogens with zero attached hydrogens (tertiary/aromatic N) is 2. The third kappa shape index (κ3) is 6.15. The molecule has 5 nitrogen and oxygen atoms in total. The topological polar surface area (TPSA) is 58.8 Å². The number of carbonyl (C=O) groups is 1. The van der Waals surface area contributed by atoms with Gasteiger partial charge >= 0.3 is 6.18 Å². The molecule has 0 aliphatic carbocycles. The van der Waals surface area contributed by atoms with Gasteiger partial charge in [-0.25, -0.2) is 0 Å². The van der Waals surface area contributed by atoms with E-state index in [0.717, 1.165) is 6.42 Å². The van der Waals surface area contributed by atoms with Crippen molar-refractivity contribution in [2.24, 2.45) is 5.73 Å². The van der Waals surface area contributed by atoms with E-state index in [1.54, 1.807) is 0 Å². The largest absolute Gasteiger partial charge is 0.411 e. The first-order chi connectivity index (χ1) is 9.74. The zero-order valence-corrected chi connectivity index (χ0v) is 12.7. The number of thiocarbonyl (C=S) groups is 1. The Balaban J connectivity index is 2.35. The Kier molecular flexibility index (Phi) is 6.82. The maximum Gasteiger partial charge on any atom is 0.411 e. The highest BCUT2D eigenvalue weighted by atomic mass is 32.1. The lowest BCUT2D eigenvalue weighted by Crippen LogP contribution is -2.55. The number of hydrogen-bond acceptors (Lipinski definition) is 4. The van der Waals surface area contributed by atoms with Gasteiger partial charge in [0.2, 0.25) is 5.91 Å². The van der Waals surface area contributed by atoms with Crippen molar-refractivity contribution in [1.82, 2.24) is 9.80 Å². The SMILES string of the molecule is CCC(C(N)=S)N1CCN(C(=O)COCC(F)(F)F)CC1. The first-order valence-electron chi connectivity index (χ1n) is 6.70. The minimum Gasteiger partial charge on any atom is -0.392 e. The normalized spacial score (nSPS) is 18.6. The van der Waals surface area contributed by atoms with E-state index in [1.165, 1.54) is 4.90 Å². The molecule has 122 valence electrons. The van der Waals surface area contributed by atoms with E-state index in [0.29, 0.717) is 31.2 Å². The van der Waals surface area contributed by atoms with Crippen LogP contribution >= 0.6 is 12.2 Å². The fourth-order valence-electron chi connectivity index (χ4n) is 2.27. The van der Waals surface area contributed by atoms with Gasteiger partial charge in [0.05, 0.1) is 11.0 Å². The van der Waals surface area contributed by atoms with Crippen molar-refractivity contribution < 1.29 is 22.7 Å². The second-order valence-electron chi connectivity index (χ2n) is 4.85. The molecule has 1 atom stereocenters. The summed E-state index contributed by atoms with van der Waals surface area (Å²) in [5.41, 5.74) is 5.66. The highest BCUT2D eigenvalue weighted by Crippen LogP contribution is 2.15. The zero-order valence-electron chi connectivity index (χ0n) is 11.9. The number of nitrogens with two attached hydrogens (primary N) is 1. The molecule has 1 amide bonds. The highest BCUT2D eigenvalue weighted by molar-refractivity contribution is 7.80. The van der Waals surface area contributed by atoms with E-state index in [2.05, 4.69) is 9.64 Å². The van der Waals surface area contributed by atoms with Crippen LogP contribution in [0.4, 0.5) is 13.2 Å². The van der Waals surface area contributed by atoms with Gasteiger partial charge in [0.25, 0.3) is 0 Å². The van der Waals surface area contributed by atoms with Crippen LogP contribution in [-0.4, -0.2) is 72.3 Å². The van der Waals surface area contributed by atoms with Crippen molar-refractivity contribution in [3.63, 3.8) is 0 Å². The summed E-state index contributed by atoms with van der Waals surface area (Å²) in [6, 6.07) is -0.00117. The molecule has 1 saturated heterocycles. The van der Waals surface area contributed by atoms with Crippen LogP contribution in [0.1, 0.15) is 13.3 Å². The van der Waals surface area contributed by atoms with Crippen molar-refractivity contribution in [1.29, 1.82) is 0 Å². The maximum atomic E-state index is 11.9. The van der Waals surface area contributed by atoms with Gasteiger partial charge in [-0.15, -0.1) is 0 Å². The minimum absolute atomic E-state index is 0.00117. The molecule has 0 radical (unpaired) electrons. The zero-order chi connectivity index (χ0) is 16.0. The van der Waals surface area contributed by atoms with E-state index in [9.17, 15) is 18.0 Å². The van der Waals surface area contributed by atoms with Crippen LogP contribution in [0.25, 0.3) is 0 Å². The summed E-state index contributed by atoms with van der Waals surface area (Å²) in [5.74, 6) is -0.428. The molecule has 1 aliphatic rings. The Bertz CT molecular complexity index is 371. The molecule has 0 aromatic heterocycles. The van der Waals surface area contributed by atoms with E-state index < -0.39 is 25.3 Å². The number of hydrogen-bond donors (Lipinski definition) is 1. The quantitative estimate of drug-likeness (QED) is 0.731. The van der Waals surface area contributed by atoms with Crippen LogP contribution in [0, 0.1) is 0 Å². The summed E-state index contributed by atoms with van der Waals surface area (Å²) in [6.45, 7) is 2.10. The smallest absolute Gasteiger partial charge is 0.392 e. The minimum atomic E-state index is -4.41.